The number of carbonyl (C=O) groups is 1. The highest BCUT2D eigenvalue weighted by molar-refractivity contribution is 5.91. The molecular formula is C11H17NO4. The van der Waals surface area contributed by atoms with E-state index < -0.39 is 5.97 Å². The molecule has 5 nitrogen and oxygen atoms in total. The van der Waals surface area contributed by atoms with Gasteiger partial charge in [0.1, 0.15) is 13.7 Å². The molecule has 0 saturated carbocycles. The minimum absolute atomic E-state index is 0.202. The van der Waals surface area contributed by atoms with Crippen molar-refractivity contribution in [1.29, 1.82) is 0 Å². The maximum absolute atomic E-state index is 10.9. The Labute approximate surface area is 95.4 Å². The molecule has 16 heavy (non-hydrogen) atoms. The lowest BCUT2D eigenvalue weighted by Gasteiger charge is -2.04. The first kappa shape index (κ1) is 14.2. The summed E-state index contributed by atoms with van der Waals surface area (Å²) in [4.78, 5) is 15.5. The fraction of sp³-hybridized carbons (Fsp3) is 0.455. The van der Waals surface area contributed by atoms with Crippen molar-refractivity contribution in [1.82, 2.24) is 0 Å². The molecule has 0 fully saturated rings. The van der Waals surface area contributed by atoms with E-state index >= 15 is 0 Å². The molecule has 0 aromatic carbocycles. The summed E-state index contributed by atoms with van der Waals surface area (Å²) in [6.45, 7) is 7.71. The Morgan fingerprint density at radius 2 is 2.12 bits per heavy atom. The number of esters is 1. The number of ether oxygens (including phenoxy) is 2. The molecule has 90 valence electrons. The molecule has 0 N–H and O–H groups in total. The zero-order valence-electron chi connectivity index (χ0n) is 9.86. The molecule has 0 rings (SSSR count). The fourth-order valence-corrected chi connectivity index (χ4v) is 0.772. The monoisotopic (exact) mass is 227 g/mol. The Bertz CT molecular complexity index is 294. The minimum Gasteiger partial charge on any atom is -0.471 e. The summed E-state index contributed by atoms with van der Waals surface area (Å²) in [5.74, 6) is -0.0948. The van der Waals surface area contributed by atoms with Gasteiger partial charge in [-0.2, -0.15) is 0 Å². The predicted molar refractivity (Wildman–Crippen MR) is 61.0 cm³/mol. The number of carbonyl (C=O) groups excluding carboxylic acids is 1. The summed E-state index contributed by atoms with van der Waals surface area (Å²) < 4.78 is 9.89. The molecule has 0 radical (unpaired) electrons. The normalized spacial score (nSPS) is 11.3. The molecular weight excluding hydrogens is 210 g/mol. The number of nitrogens with zero attached hydrogens (tertiary/aromatic N) is 1. The summed E-state index contributed by atoms with van der Waals surface area (Å²) in [6.07, 6.45) is 2.83. The van der Waals surface area contributed by atoms with Crippen LogP contribution in [0.4, 0.5) is 0 Å². The number of oxime groups is 1. The molecule has 0 spiro atoms. The van der Waals surface area contributed by atoms with Crippen LogP contribution < -0.4 is 0 Å². The van der Waals surface area contributed by atoms with Crippen LogP contribution in [0.25, 0.3) is 0 Å². The maximum atomic E-state index is 10.9. The molecule has 0 aliphatic heterocycles. The summed E-state index contributed by atoms with van der Waals surface area (Å²) in [7, 11) is 1.42. The maximum Gasteiger partial charge on any atom is 0.330 e. The molecule has 0 saturated heterocycles. The van der Waals surface area contributed by atoms with Crippen LogP contribution in [0.15, 0.2) is 29.5 Å². The zero-order valence-corrected chi connectivity index (χ0v) is 9.86. The molecule has 5 heteroatoms. The number of hydrogen-bond donors (Lipinski definition) is 0. The average molecular weight is 227 g/mol. The Balaban J connectivity index is 4.00. The summed E-state index contributed by atoms with van der Waals surface area (Å²) in [6, 6.07) is 0. The lowest BCUT2D eigenvalue weighted by Crippen LogP contribution is -2.07. The largest absolute Gasteiger partial charge is 0.471 e. The fourth-order valence-electron chi connectivity index (χ4n) is 0.772. The second-order valence-corrected chi connectivity index (χ2v) is 2.82. The number of rotatable bonds is 6. The quantitative estimate of drug-likeness (QED) is 0.228. The van der Waals surface area contributed by atoms with Gasteiger partial charge in [-0.3, -0.25) is 0 Å². The van der Waals surface area contributed by atoms with Crippen molar-refractivity contribution in [2.45, 2.75) is 13.8 Å². The molecule has 0 aromatic rings. The van der Waals surface area contributed by atoms with Crippen molar-refractivity contribution in [3.8, 4) is 0 Å². The van der Waals surface area contributed by atoms with Gasteiger partial charge in [-0.25, -0.2) is 4.79 Å². The van der Waals surface area contributed by atoms with Gasteiger partial charge in [-0.1, -0.05) is 6.58 Å². The summed E-state index contributed by atoms with van der Waals surface area (Å²) in [5.41, 5.74) is 0.645. The van der Waals surface area contributed by atoms with E-state index in [9.17, 15) is 4.79 Å². The minimum atomic E-state index is -0.397. The van der Waals surface area contributed by atoms with Gasteiger partial charge in [0.25, 0.3) is 5.90 Å². The lowest BCUT2D eigenvalue weighted by atomic mass is 10.3. The first-order chi connectivity index (χ1) is 7.61. The van der Waals surface area contributed by atoms with Crippen molar-refractivity contribution in [3.05, 3.63) is 24.3 Å². The van der Waals surface area contributed by atoms with Crippen LogP contribution in [0, 0.1) is 0 Å². The first-order valence-electron chi connectivity index (χ1n) is 4.85. The van der Waals surface area contributed by atoms with E-state index in [0.29, 0.717) is 18.1 Å². The first-order valence-corrected chi connectivity index (χ1v) is 4.85. The highest BCUT2D eigenvalue weighted by atomic mass is 16.6. The molecule has 0 aromatic heterocycles. The van der Waals surface area contributed by atoms with Gasteiger partial charge in [0, 0.05) is 11.6 Å². The van der Waals surface area contributed by atoms with Crippen LogP contribution >= 0.6 is 0 Å². The molecule has 0 amide bonds. The third-order valence-corrected chi connectivity index (χ3v) is 1.40. The van der Waals surface area contributed by atoms with Crippen molar-refractivity contribution in [3.63, 3.8) is 0 Å². The Hall–Kier alpha value is -1.78. The molecule has 0 heterocycles. The van der Waals surface area contributed by atoms with Crippen LogP contribution in [-0.4, -0.2) is 32.2 Å². The molecule has 0 aliphatic rings. The van der Waals surface area contributed by atoms with Gasteiger partial charge in [-0.05, 0) is 25.1 Å². The van der Waals surface area contributed by atoms with Crippen LogP contribution in [0.2, 0.25) is 0 Å². The third kappa shape index (κ3) is 6.64. The van der Waals surface area contributed by atoms with Crippen LogP contribution in [0.3, 0.4) is 0 Å². The van der Waals surface area contributed by atoms with Gasteiger partial charge in [0.15, 0.2) is 0 Å². The van der Waals surface area contributed by atoms with E-state index in [1.165, 1.54) is 19.3 Å². The molecule has 0 bridgehead atoms. The van der Waals surface area contributed by atoms with E-state index in [2.05, 4.69) is 16.6 Å². The van der Waals surface area contributed by atoms with Gasteiger partial charge in [0.2, 0.25) is 0 Å². The molecule has 0 unspecified atom stereocenters. The lowest BCUT2D eigenvalue weighted by molar-refractivity contribution is -0.137. The Morgan fingerprint density at radius 1 is 1.44 bits per heavy atom. The smallest absolute Gasteiger partial charge is 0.330 e. The summed E-state index contributed by atoms with van der Waals surface area (Å²) >= 11 is 0. The van der Waals surface area contributed by atoms with Crippen molar-refractivity contribution < 1.29 is 19.1 Å². The topological polar surface area (TPSA) is 57.1 Å². The summed E-state index contributed by atoms with van der Waals surface area (Å²) in [5, 5.41) is 3.62. The van der Waals surface area contributed by atoms with E-state index in [0.717, 1.165) is 0 Å². The molecule has 0 atom stereocenters. The predicted octanol–water partition coefficient (Wildman–Crippen LogP) is 1.66. The number of hydrogen-bond acceptors (Lipinski definition) is 5. The SMILES string of the molecule is C=C(C)/C(=N/OC)OC/C=C/C(=O)OCC. The van der Waals surface area contributed by atoms with E-state index in [-0.39, 0.29) is 6.61 Å². The van der Waals surface area contributed by atoms with Crippen molar-refractivity contribution >= 4 is 11.9 Å². The van der Waals surface area contributed by atoms with Gasteiger partial charge in [0.05, 0.1) is 6.61 Å². The van der Waals surface area contributed by atoms with E-state index in [4.69, 9.17) is 9.47 Å². The Kier molecular flexibility index (Phi) is 7.57. The zero-order chi connectivity index (χ0) is 12.4. The Morgan fingerprint density at radius 3 is 2.62 bits per heavy atom. The van der Waals surface area contributed by atoms with E-state index in [1.807, 2.05) is 0 Å². The van der Waals surface area contributed by atoms with E-state index in [1.54, 1.807) is 13.8 Å². The highest BCUT2D eigenvalue weighted by Gasteiger charge is 2.00. The standard InChI is InChI=1S/C11H17NO4/c1-5-15-10(13)7-6-8-16-11(9(2)3)12-14-4/h6-7H,2,5,8H2,1,3-4H3/b7-6+,12-11-. The van der Waals surface area contributed by atoms with Crippen molar-refractivity contribution in [2.24, 2.45) is 5.16 Å². The van der Waals surface area contributed by atoms with Crippen molar-refractivity contribution in [2.75, 3.05) is 20.3 Å². The highest BCUT2D eigenvalue weighted by Crippen LogP contribution is 1.96. The van der Waals surface area contributed by atoms with Gasteiger partial charge in [-0.15, -0.1) is 0 Å². The van der Waals surface area contributed by atoms with Crippen LogP contribution in [0.5, 0.6) is 0 Å². The second kappa shape index (κ2) is 8.52. The van der Waals surface area contributed by atoms with Gasteiger partial charge >= 0.3 is 5.97 Å². The second-order valence-electron chi connectivity index (χ2n) is 2.82. The third-order valence-electron chi connectivity index (χ3n) is 1.40. The van der Waals surface area contributed by atoms with Crippen LogP contribution in [0.1, 0.15) is 13.8 Å². The molecule has 0 aliphatic carbocycles. The van der Waals surface area contributed by atoms with Crippen LogP contribution in [-0.2, 0) is 19.1 Å². The average Bonchev–Trinajstić information content (AvgIpc) is 2.22. The van der Waals surface area contributed by atoms with Gasteiger partial charge < -0.3 is 14.3 Å².